The van der Waals surface area contributed by atoms with Crippen molar-refractivity contribution in [3.8, 4) is 0 Å². The van der Waals surface area contributed by atoms with Gasteiger partial charge in [0.25, 0.3) is 0 Å². The Balaban J connectivity index is 3.86. The van der Waals surface area contributed by atoms with Crippen molar-refractivity contribution in [1.29, 1.82) is 0 Å². The molecule has 43 heavy (non-hydrogen) atoms. The summed E-state index contributed by atoms with van der Waals surface area (Å²) in [6, 6.07) is 0. The molecule has 244 valence electrons. The highest BCUT2D eigenvalue weighted by Gasteiger charge is 2.15. The second-order valence-corrected chi connectivity index (χ2v) is 11.2. The third-order valence-corrected chi connectivity index (χ3v) is 6.54. The zero-order valence-electron chi connectivity index (χ0n) is 27.2. The third kappa shape index (κ3) is 30.6. The zero-order valence-corrected chi connectivity index (χ0v) is 27.2. The summed E-state index contributed by atoms with van der Waals surface area (Å²) in [6.07, 6.45) is 35.9. The van der Waals surface area contributed by atoms with Gasteiger partial charge in [0.05, 0.1) is 12.7 Å². The first-order chi connectivity index (χ1) is 20.9. The first-order valence-electron chi connectivity index (χ1n) is 16.5. The van der Waals surface area contributed by atoms with Crippen LogP contribution in [-0.4, -0.2) is 47.6 Å². The van der Waals surface area contributed by atoms with Crippen molar-refractivity contribution in [2.24, 2.45) is 5.92 Å². The Bertz CT molecular complexity index is 849. The Labute approximate surface area is 262 Å². The topological polar surface area (TPSA) is 93.1 Å². The number of rotatable bonds is 27. The first kappa shape index (κ1) is 40.3. The van der Waals surface area contributed by atoms with Crippen molar-refractivity contribution in [2.45, 2.75) is 129 Å². The number of hydrogen-bond acceptors (Lipinski definition) is 6. The molecule has 0 aromatic carbocycles. The van der Waals surface area contributed by atoms with Crippen LogP contribution in [0, 0.1) is 5.92 Å². The number of esters is 2. The maximum absolute atomic E-state index is 12.0. The number of allylic oxidation sites excluding steroid dienone is 10. The summed E-state index contributed by atoms with van der Waals surface area (Å²) in [5.41, 5.74) is 0. The van der Waals surface area contributed by atoms with Gasteiger partial charge in [0.2, 0.25) is 0 Å². The van der Waals surface area contributed by atoms with Crippen molar-refractivity contribution < 1.29 is 29.3 Å². The summed E-state index contributed by atoms with van der Waals surface area (Å²) in [7, 11) is 0. The molecule has 0 aliphatic rings. The summed E-state index contributed by atoms with van der Waals surface area (Å²) in [6.45, 7) is 6.10. The molecule has 0 rings (SSSR count). The lowest BCUT2D eigenvalue weighted by molar-refractivity contribution is -0.161. The van der Waals surface area contributed by atoms with Gasteiger partial charge in [0, 0.05) is 12.8 Å². The van der Waals surface area contributed by atoms with E-state index in [2.05, 4.69) is 51.2 Å². The molecule has 6 heteroatoms. The monoisotopic (exact) mass is 600 g/mol. The molecule has 0 heterocycles. The molecule has 0 fully saturated rings. The van der Waals surface area contributed by atoms with Crippen LogP contribution in [0.4, 0.5) is 0 Å². The van der Waals surface area contributed by atoms with Gasteiger partial charge in [0.1, 0.15) is 6.61 Å². The highest BCUT2D eigenvalue weighted by atomic mass is 16.6. The van der Waals surface area contributed by atoms with Crippen molar-refractivity contribution in [3.05, 3.63) is 72.9 Å². The van der Waals surface area contributed by atoms with Gasteiger partial charge in [-0.05, 0) is 50.9 Å². The Kier molecular flexibility index (Phi) is 28.8. The molecule has 0 saturated heterocycles. The minimum Gasteiger partial charge on any atom is -0.462 e. The van der Waals surface area contributed by atoms with E-state index in [1.165, 1.54) is 25.7 Å². The van der Waals surface area contributed by atoms with Crippen molar-refractivity contribution >= 4 is 11.9 Å². The number of aliphatic hydroxyl groups excluding tert-OH is 2. The molecule has 0 bridgehead atoms. The molecule has 1 unspecified atom stereocenters. The average molecular weight is 601 g/mol. The van der Waals surface area contributed by atoms with Crippen LogP contribution in [0.25, 0.3) is 0 Å². The fourth-order valence-electron chi connectivity index (χ4n) is 4.02. The van der Waals surface area contributed by atoms with E-state index in [0.717, 1.165) is 50.9 Å². The fourth-order valence-corrected chi connectivity index (χ4v) is 4.02. The van der Waals surface area contributed by atoms with E-state index < -0.39 is 12.2 Å². The number of aliphatic hydroxyl groups is 2. The maximum Gasteiger partial charge on any atom is 0.306 e. The van der Waals surface area contributed by atoms with Crippen LogP contribution in [-0.2, 0) is 19.1 Å². The minimum atomic E-state index is -0.817. The van der Waals surface area contributed by atoms with Crippen LogP contribution in [0.1, 0.15) is 117 Å². The Hall–Kier alpha value is -2.70. The average Bonchev–Trinajstić information content (AvgIpc) is 2.98. The van der Waals surface area contributed by atoms with E-state index in [1.807, 2.05) is 36.5 Å². The van der Waals surface area contributed by atoms with E-state index in [4.69, 9.17) is 9.47 Å². The van der Waals surface area contributed by atoms with Crippen LogP contribution < -0.4 is 0 Å². The van der Waals surface area contributed by atoms with E-state index in [0.29, 0.717) is 19.3 Å². The molecule has 2 N–H and O–H groups in total. The summed E-state index contributed by atoms with van der Waals surface area (Å²) >= 11 is 0. The molecular weight excluding hydrogens is 540 g/mol. The van der Waals surface area contributed by atoms with Gasteiger partial charge >= 0.3 is 11.9 Å². The lowest BCUT2D eigenvalue weighted by atomic mass is 10.0. The zero-order chi connectivity index (χ0) is 31.8. The fraction of sp³-hybridized carbons (Fsp3) is 0.622. The van der Waals surface area contributed by atoms with Gasteiger partial charge in [0.15, 0.2) is 6.10 Å². The molecule has 0 saturated carbocycles. The molecule has 2 atom stereocenters. The van der Waals surface area contributed by atoms with Gasteiger partial charge in [-0.25, -0.2) is 0 Å². The van der Waals surface area contributed by atoms with Gasteiger partial charge in [-0.2, -0.15) is 0 Å². The predicted octanol–water partition coefficient (Wildman–Crippen LogP) is 8.66. The molecule has 0 spiro atoms. The van der Waals surface area contributed by atoms with Gasteiger partial charge in [-0.1, -0.05) is 132 Å². The molecule has 0 aliphatic heterocycles. The van der Waals surface area contributed by atoms with Crippen LogP contribution in [0.15, 0.2) is 72.9 Å². The Morgan fingerprint density at radius 3 is 2.05 bits per heavy atom. The van der Waals surface area contributed by atoms with Crippen LogP contribution in [0.2, 0.25) is 0 Å². The van der Waals surface area contributed by atoms with Crippen molar-refractivity contribution in [2.75, 3.05) is 13.2 Å². The summed E-state index contributed by atoms with van der Waals surface area (Å²) < 4.78 is 10.4. The molecule has 0 aliphatic carbocycles. The van der Waals surface area contributed by atoms with Gasteiger partial charge in [-0.3, -0.25) is 9.59 Å². The molecule has 0 aromatic rings. The SMILES string of the molecule is CC/C=C\C/C=C\CC(O)/C=C/C=C\C/C=C\C/C=C\CCC(=O)OC[C@H](CO)OC(=O)CCCCCCCCC(C)C. The van der Waals surface area contributed by atoms with E-state index >= 15 is 0 Å². The van der Waals surface area contributed by atoms with Crippen molar-refractivity contribution in [1.82, 2.24) is 0 Å². The lowest BCUT2D eigenvalue weighted by Gasteiger charge is -2.15. The normalized spacial score (nSPS) is 14.0. The van der Waals surface area contributed by atoms with E-state index in [1.54, 1.807) is 6.08 Å². The Morgan fingerprint density at radius 2 is 1.35 bits per heavy atom. The standard InChI is InChI=1S/C37H60O6/c1-4-5-6-7-17-22-27-34(39)28-23-18-12-10-8-9-11-13-19-24-29-36(40)42-32-35(31-38)43-37(41)30-25-20-15-14-16-21-26-33(2)3/h5-6,8-9,12-13,17-19,22-23,28,33-35,38-39H,4,7,10-11,14-16,20-21,24-27,29-32H2,1-3H3/b6-5-,9-8-,18-12-,19-13-,22-17-,28-23+/t34?,35-/m0/s1. The number of ether oxygens (including phenoxy) is 2. The highest BCUT2D eigenvalue weighted by molar-refractivity contribution is 5.70. The molecule has 0 radical (unpaired) electrons. The van der Waals surface area contributed by atoms with Gasteiger partial charge in [-0.15, -0.1) is 0 Å². The Morgan fingerprint density at radius 1 is 0.721 bits per heavy atom. The smallest absolute Gasteiger partial charge is 0.306 e. The number of carbonyl (C=O) groups excluding carboxylic acids is 2. The number of unbranched alkanes of at least 4 members (excludes halogenated alkanes) is 5. The van der Waals surface area contributed by atoms with Crippen LogP contribution >= 0.6 is 0 Å². The third-order valence-electron chi connectivity index (χ3n) is 6.54. The summed E-state index contributed by atoms with van der Waals surface area (Å²) in [5.74, 6) is 0.0251. The summed E-state index contributed by atoms with van der Waals surface area (Å²) in [4.78, 5) is 24.0. The molecule has 0 amide bonds. The van der Waals surface area contributed by atoms with Crippen LogP contribution in [0.5, 0.6) is 0 Å². The second-order valence-electron chi connectivity index (χ2n) is 11.2. The predicted molar refractivity (Wildman–Crippen MR) is 179 cm³/mol. The molecular formula is C37H60O6. The number of carbonyl (C=O) groups is 2. The summed E-state index contributed by atoms with van der Waals surface area (Å²) in [5, 5.41) is 19.4. The van der Waals surface area contributed by atoms with Crippen LogP contribution in [0.3, 0.4) is 0 Å². The van der Waals surface area contributed by atoms with Gasteiger partial charge < -0.3 is 19.7 Å². The largest absolute Gasteiger partial charge is 0.462 e. The number of hydrogen-bond donors (Lipinski definition) is 2. The molecule has 0 aromatic heterocycles. The van der Waals surface area contributed by atoms with Crippen molar-refractivity contribution in [3.63, 3.8) is 0 Å². The maximum atomic E-state index is 12.0. The second kappa shape index (κ2) is 30.7. The first-order valence-corrected chi connectivity index (χ1v) is 16.5. The minimum absolute atomic E-state index is 0.126. The van der Waals surface area contributed by atoms with E-state index in [9.17, 15) is 19.8 Å². The lowest BCUT2D eigenvalue weighted by Crippen LogP contribution is -2.28. The van der Waals surface area contributed by atoms with E-state index in [-0.39, 0.29) is 31.6 Å². The molecule has 6 nitrogen and oxygen atoms in total. The highest BCUT2D eigenvalue weighted by Crippen LogP contribution is 2.12. The quantitative estimate of drug-likeness (QED) is 0.0424.